The van der Waals surface area contributed by atoms with Crippen LogP contribution in [0.4, 0.5) is 32.0 Å². The van der Waals surface area contributed by atoms with Gasteiger partial charge in [0.05, 0.1) is 10.7 Å². The standard InChI is InChI=1S/C23H16F6N3S2.ClHO4/c1-31-13-7-3-5-9-15(13)33-19(31)11-17-21(24,25)23(28,29)22(26,27)18(30-17)12-20-32(2)14-8-4-6-10-16(14)34-20;2-1(3,4)5/h3-12H,1-2H3;(H,2,3,4,5)/q+1;/p-1. The van der Waals surface area contributed by atoms with Crippen molar-refractivity contribution in [3.05, 3.63) is 70.3 Å². The smallest absolute Gasteiger partial charge is 0.338 e. The van der Waals surface area contributed by atoms with Crippen molar-refractivity contribution < 1.29 is 59.8 Å². The van der Waals surface area contributed by atoms with E-state index >= 15 is 0 Å². The highest BCUT2D eigenvalue weighted by molar-refractivity contribution is 8.03. The summed E-state index contributed by atoms with van der Waals surface area (Å²) in [6.07, 6.45) is 1.51. The number of nitrogens with zero attached hydrogens (tertiary/aromatic N) is 3. The number of anilines is 1. The second-order valence-corrected chi connectivity index (χ2v) is 11.1. The number of hydrogen-bond donors (Lipinski definition) is 0. The van der Waals surface area contributed by atoms with E-state index in [9.17, 15) is 26.3 Å². The second-order valence-electron chi connectivity index (χ2n) is 8.21. The van der Waals surface area contributed by atoms with Gasteiger partial charge in [-0.15, -0.1) is 10.2 Å². The zero-order chi connectivity index (χ0) is 29.0. The average molecular weight is 612 g/mol. The van der Waals surface area contributed by atoms with E-state index in [1.54, 1.807) is 62.6 Å². The molecule has 2 aliphatic rings. The minimum atomic E-state index is -5.68. The number of benzene rings is 2. The molecule has 3 aromatic rings. The first-order valence-electron chi connectivity index (χ1n) is 10.6. The maximum atomic E-state index is 14.7. The first kappa shape index (κ1) is 29.3. The lowest BCUT2D eigenvalue weighted by molar-refractivity contribution is -2.00. The number of hydrogen-bond acceptors (Lipinski definition) is 8. The average Bonchev–Trinajstić information content (AvgIpc) is 3.32. The third-order valence-electron chi connectivity index (χ3n) is 5.74. The summed E-state index contributed by atoms with van der Waals surface area (Å²) in [7, 11) is -1.79. The van der Waals surface area contributed by atoms with E-state index in [2.05, 4.69) is 4.99 Å². The van der Waals surface area contributed by atoms with Crippen molar-refractivity contribution in [1.29, 1.82) is 0 Å². The van der Waals surface area contributed by atoms with Crippen LogP contribution >= 0.6 is 23.1 Å². The van der Waals surface area contributed by atoms with Gasteiger partial charge in [0.2, 0.25) is 5.52 Å². The van der Waals surface area contributed by atoms with Gasteiger partial charge in [-0.2, -0.15) is 30.9 Å². The van der Waals surface area contributed by atoms with Gasteiger partial charge in [0, 0.05) is 24.1 Å². The Kier molecular flexibility index (Phi) is 7.57. The van der Waals surface area contributed by atoms with E-state index in [0.717, 1.165) is 44.8 Å². The Labute approximate surface area is 227 Å². The van der Waals surface area contributed by atoms with Crippen LogP contribution in [-0.4, -0.2) is 30.5 Å². The highest BCUT2D eigenvalue weighted by Crippen LogP contribution is 2.54. The maximum Gasteiger partial charge on any atom is 0.383 e. The number of allylic oxidation sites excluding steroid dienone is 2. The van der Waals surface area contributed by atoms with Gasteiger partial charge in [0.15, 0.2) is 0 Å². The molecule has 0 atom stereocenters. The van der Waals surface area contributed by atoms with Crippen LogP contribution in [0.1, 0.15) is 5.01 Å². The number of para-hydroxylation sites is 2. The molecule has 3 heterocycles. The van der Waals surface area contributed by atoms with Crippen LogP contribution in [0.2, 0.25) is 0 Å². The molecule has 2 aliphatic heterocycles. The van der Waals surface area contributed by atoms with E-state index in [1.807, 2.05) is 0 Å². The van der Waals surface area contributed by atoms with Crippen molar-refractivity contribution in [3.63, 3.8) is 0 Å². The molecule has 1 aromatic heterocycles. The number of thioether (sulfide) groups is 1. The molecule has 0 amide bonds. The van der Waals surface area contributed by atoms with Crippen LogP contribution in [0.3, 0.4) is 0 Å². The third-order valence-corrected chi connectivity index (χ3v) is 8.07. The van der Waals surface area contributed by atoms with Crippen LogP contribution in [-0.2, 0) is 7.05 Å². The second kappa shape index (κ2) is 10.1. The van der Waals surface area contributed by atoms with E-state index in [4.69, 9.17) is 18.6 Å². The topological polar surface area (TPSA) is 112 Å². The van der Waals surface area contributed by atoms with Crippen LogP contribution in [0.5, 0.6) is 0 Å². The Morgan fingerprint density at radius 1 is 0.897 bits per heavy atom. The highest BCUT2D eigenvalue weighted by Gasteiger charge is 2.77. The number of rotatable bonds is 2. The quantitative estimate of drug-likeness (QED) is 0.323. The van der Waals surface area contributed by atoms with Crippen molar-refractivity contribution in [1.82, 2.24) is 0 Å². The molecule has 0 saturated carbocycles. The molecule has 0 N–H and O–H groups in total. The van der Waals surface area contributed by atoms with E-state index < -0.39 is 39.4 Å². The van der Waals surface area contributed by atoms with Gasteiger partial charge in [0.1, 0.15) is 23.2 Å². The Hall–Kier alpha value is -2.66. The fourth-order valence-electron chi connectivity index (χ4n) is 3.76. The van der Waals surface area contributed by atoms with Crippen LogP contribution in [0.25, 0.3) is 16.3 Å². The molecule has 5 rings (SSSR count). The third kappa shape index (κ3) is 5.39. The molecule has 2 aromatic carbocycles. The Balaban J connectivity index is 0.000000648. The summed E-state index contributed by atoms with van der Waals surface area (Å²) < 4.78 is 124. The molecule has 0 radical (unpaired) electrons. The summed E-state index contributed by atoms with van der Waals surface area (Å²) in [5.74, 6) is -16.0. The van der Waals surface area contributed by atoms with Crippen LogP contribution in [0.15, 0.2) is 75.2 Å². The lowest BCUT2D eigenvalue weighted by atomic mass is 9.93. The molecular formula is C23H16ClF6N3O4S2. The Morgan fingerprint density at radius 3 is 2.10 bits per heavy atom. The van der Waals surface area contributed by atoms with Gasteiger partial charge >= 0.3 is 17.8 Å². The molecule has 0 spiro atoms. The first-order valence-corrected chi connectivity index (χ1v) is 13.5. The zero-order valence-corrected chi connectivity index (χ0v) is 22.1. The number of alkyl halides is 6. The molecule has 0 fully saturated rings. The van der Waals surface area contributed by atoms with Crippen LogP contribution in [0, 0.1) is 10.2 Å². The van der Waals surface area contributed by atoms with Gasteiger partial charge in [-0.25, -0.2) is 23.6 Å². The van der Waals surface area contributed by atoms with Crippen LogP contribution < -0.4 is 28.1 Å². The molecule has 208 valence electrons. The summed E-state index contributed by atoms with van der Waals surface area (Å²) in [5.41, 5.74) is -1.46. The lowest BCUT2D eigenvalue weighted by Crippen LogP contribution is -2.68. The van der Waals surface area contributed by atoms with Crippen molar-refractivity contribution in [2.24, 2.45) is 12.0 Å². The van der Waals surface area contributed by atoms with Crippen molar-refractivity contribution in [2.75, 3.05) is 11.9 Å². The van der Waals surface area contributed by atoms with Gasteiger partial charge < -0.3 is 4.90 Å². The van der Waals surface area contributed by atoms with Gasteiger partial charge in [0.25, 0.3) is 5.01 Å². The van der Waals surface area contributed by atoms with E-state index in [0.29, 0.717) is 11.2 Å². The molecular weight excluding hydrogens is 596 g/mol. The Morgan fingerprint density at radius 2 is 1.49 bits per heavy atom. The molecule has 0 aliphatic carbocycles. The fraction of sp³-hybridized carbons (Fsp3) is 0.217. The molecule has 0 bridgehead atoms. The van der Waals surface area contributed by atoms with Gasteiger partial charge in [-0.1, -0.05) is 47.4 Å². The normalized spacial score (nSPS) is 21.5. The summed E-state index contributed by atoms with van der Waals surface area (Å²) in [4.78, 5) is 5.67. The summed E-state index contributed by atoms with van der Waals surface area (Å²) in [5, 5.41) is 0.347. The summed E-state index contributed by atoms with van der Waals surface area (Å²) >= 11 is 2.14. The first-order chi connectivity index (χ1) is 17.9. The monoisotopic (exact) mass is 611 g/mol. The highest BCUT2D eigenvalue weighted by atomic mass is 35.7. The zero-order valence-electron chi connectivity index (χ0n) is 19.7. The maximum absolute atomic E-state index is 14.7. The molecule has 39 heavy (non-hydrogen) atoms. The summed E-state index contributed by atoms with van der Waals surface area (Å²) in [6.45, 7) is 0. The molecule has 7 nitrogen and oxygen atoms in total. The number of aryl methyl sites for hydroxylation is 1. The Bertz CT molecular complexity index is 1520. The number of thiazole rings is 1. The molecule has 16 heteroatoms. The number of aliphatic imine (C=N–C) groups is 1. The van der Waals surface area contributed by atoms with Crippen molar-refractivity contribution in [2.45, 2.75) is 22.7 Å². The fourth-order valence-corrected chi connectivity index (χ4v) is 5.94. The largest absolute Gasteiger partial charge is 0.383 e. The summed E-state index contributed by atoms with van der Waals surface area (Å²) in [6, 6.07) is 13.9. The van der Waals surface area contributed by atoms with E-state index in [1.165, 1.54) is 9.47 Å². The SMILES string of the molecule is CN1/C(=C/C2=NC(=C\c3sc4ccccc4[n+]3C)/C(F)(F)C(F)(F)C2(F)F)Sc2ccccc21.[O-][Cl+3]([O-])([O-])[O-]. The molecule has 0 saturated heterocycles. The number of aromatic nitrogens is 1. The molecule has 0 unspecified atom stereocenters. The van der Waals surface area contributed by atoms with Gasteiger partial charge in [-0.05, 0) is 24.3 Å². The predicted octanol–water partition coefficient (Wildman–Crippen LogP) is 1.75. The van der Waals surface area contributed by atoms with E-state index in [-0.39, 0.29) is 10.0 Å². The van der Waals surface area contributed by atoms with Gasteiger partial charge in [-0.3, -0.25) is 0 Å². The predicted molar refractivity (Wildman–Crippen MR) is 122 cm³/mol. The number of halogens is 7. The minimum absolute atomic E-state index is 0.174. The lowest BCUT2D eigenvalue weighted by Gasteiger charge is -2.36. The van der Waals surface area contributed by atoms with Crippen molar-refractivity contribution in [3.8, 4) is 0 Å². The van der Waals surface area contributed by atoms with Crippen molar-refractivity contribution >= 4 is 50.8 Å². The minimum Gasteiger partial charge on any atom is -0.338 e. The number of fused-ring (bicyclic) bond motifs is 2.